The van der Waals surface area contributed by atoms with E-state index in [1.54, 1.807) is 29.2 Å². The second-order valence-electron chi connectivity index (χ2n) is 8.00. The highest BCUT2D eigenvalue weighted by atomic mass is 19.1. The summed E-state index contributed by atoms with van der Waals surface area (Å²) in [6.45, 7) is 1.34. The highest BCUT2D eigenvalue weighted by molar-refractivity contribution is 5.85. The summed E-state index contributed by atoms with van der Waals surface area (Å²) in [5, 5.41) is 2.84. The van der Waals surface area contributed by atoms with Crippen LogP contribution >= 0.6 is 0 Å². The van der Waals surface area contributed by atoms with Gasteiger partial charge in [0, 0.05) is 32.2 Å². The fourth-order valence-corrected chi connectivity index (χ4v) is 4.00. The zero-order chi connectivity index (χ0) is 24.9. The summed E-state index contributed by atoms with van der Waals surface area (Å²) in [4.78, 5) is 45.5. The Labute approximate surface area is 200 Å². The minimum Gasteiger partial charge on any atom is -0.493 e. The molecule has 1 aromatic heterocycles. The van der Waals surface area contributed by atoms with Gasteiger partial charge in [0.25, 0.3) is 5.56 Å². The molecule has 35 heavy (non-hydrogen) atoms. The number of rotatable bonds is 7. The number of carbonyl (C=O) groups excluding carboxylic acids is 2. The number of nitrogens with zero attached hydrogens (tertiary/aromatic N) is 4. The second-order valence-corrected chi connectivity index (χ2v) is 8.00. The van der Waals surface area contributed by atoms with Gasteiger partial charge in [0.15, 0.2) is 11.5 Å². The molecule has 2 aromatic carbocycles. The largest absolute Gasteiger partial charge is 0.493 e. The van der Waals surface area contributed by atoms with E-state index in [1.807, 2.05) is 4.90 Å². The number of hydrogen-bond acceptors (Lipinski definition) is 7. The van der Waals surface area contributed by atoms with E-state index in [0.717, 1.165) is 0 Å². The third kappa shape index (κ3) is 5.18. The molecule has 1 aliphatic rings. The molecule has 184 valence electrons. The second kappa shape index (κ2) is 10.4. The Morgan fingerprint density at radius 2 is 1.74 bits per heavy atom. The summed E-state index contributed by atoms with van der Waals surface area (Å²) in [6, 6.07) is 9.63. The minimum atomic E-state index is -0.493. The predicted molar refractivity (Wildman–Crippen MR) is 127 cm³/mol. The Balaban J connectivity index is 1.33. The van der Waals surface area contributed by atoms with Crippen molar-refractivity contribution in [2.24, 2.45) is 0 Å². The number of benzene rings is 2. The van der Waals surface area contributed by atoms with Crippen molar-refractivity contribution in [3.8, 4) is 11.5 Å². The molecule has 0 spiro atoms. The molecule has 2 amide bonds. The highest BCUT2D eigenvalue weighted by Gasteiger charge is 2.23. The summed E-state index contributed by atoms with van der Waals surface area (Å²) in [7, 11) is 2.95. The molecule has 0 bridgehead atoms. The van der Waals surface area contributed by atoms with Crippen molar-refractivity contribution in [1.29, 1.82) is 0 Å². The molecule has 2 heterocycles. The van der Waals surface area contributed by atoms with E-state index in [-0.39, 0.29) is 30.2 Å². The van der Waals surface area contributed by atoms with E-state index >= 15 is 0 Å². The van der Waals surface area contributed by atoms with Crippen LogP contribution in [0.3, 0.4) is 0 Å². The molecule has 1 fully saturated rings. The van der Waals surface area contributed by atoms with E-state index in [2.05, 4.69) is 10.3 Å². The Morgan fingerprint density at radius 3 is 2.43 bits per heavy atom. The van der Waals surface area contributed by atoms with Gasteiger partial charge in [-0.1, -0.05) is 12.1 Å². The van der Waals surface area contributed by atoms with Crippen LogP contribution in [0.25, 0.3) is 10.9 Å². The van der Waals surface area contributed by atoms with Crippen LogP contribution in [0.4, 0.5) is 10.1 Å². The van der Waals surface area contributed by atoms with E-state index in [0.29, 0.717) is 48.9 Å². The maximum absolute atomic E-state index is 14.0. The van der Waals surface area contributed by atoms with Crippen molar-refractivity contribution in [1.82, 2.24) is 19.8 Å². The van der Waals surface area contributed by atoms with Crippen molar-refractivity contribution in [2.75, 3.05) is 51.8 Å². The number of ether oxygens (including phenoxy) is 2. The summed E-state index contributed by atoms with van der Waals surface area (Å²) >= 11 is 0. The number of piperazine rings is 1. The van der Waals surface area contributed by atoms with Gasteiger partial charge in [-0.2, -0.15) is 0 Å². The van der Waals surface area contributed by atoms with Crippen molar-refractivity contribution in [3.63, 3.8) is 0 Å². The molecule has 11 heteroatoms. The fraction of sp³-hybridized carbons (Fsp3) is 0.333. The number of anilines is 1. The third-order valence-corrected chi connectivity index (χ3v) is 5.91. The molecular formula is C24H26FN5O5. The molecule has 0 atom stereocenters. The zero-order valence-corrected chi connectivity index (χ0v) is 19.5. The normalized spacial score (nSPS) is 13.6. The molecule has 1 N–H and O–H groups in total. The third-order valence-electron chi connectivity index (χ3n) is 5.91. The zero-order valence-electron chi connectivity index (χ0n) is 19.5. The van der Waals surface area contributed by atoms with Crippen LogP contribution in [0.1, 0.15) is 0 Å². The quantitative estimate of drug-likeness (QED) is 0.535. The Bertz CT molecular complexity index is 1300. The van der Waals surface area contributed by atoms with Gasteiger partial charge >= 0.3 is 0 Å². The van der Waals surface area contributed by atoms with E-state index in [1.165, 1.54) is 37.2 Å². The van der Waals surface area contributed by atoms with Gasteiger partial charge in [-0.15, -0.1) is 0 Å². The lowest BCUT2D eigenvalue weighted by Gasteiger charge is -2.36. The predicted octanol–water partition coefficient (Wildman–Crippen LogP) is 1.02. The average Bonchev–Trinajstić information content (AvgIpc) is 2.88. The SMILES string of the molecule is COc1cc2ncn(CC(=O)NCC(=O)N3CCN(c4ccccc4F)CC3)c(=O)c2cc1OC. The molecule has 3 aromatic rings. The molecule has 0 unspecified atom stereocenters. The Morgan fingerprint density at radius 1 is 1.06 bits per heavy atom. The van der Waals surface area contributed by atoms with E-state index < -0.39 is 11.5 Å². The number of fused-ring (bicyclic) bond motifs is 1. The number of nitrogens with one attached hydrogen (secondary N) is 1. The summed E-state index contributed by atoms with van der Waals surface area (Å²) in [6.07, 6.45) is 1.28. The standard InChI is InChI=1S/C24H26FN5O5/c1-34-20-11-16-18(12-21(20)35-2)27-15-30(24(16)33)14-22(31)26-13-23(32)29-9-7-28(8-10-29)19-6-4-3-5-17(19)25/h3-6,11-12,15H,7-10,13-14H2,1-2H3,(H,26,31). The molecule has 1 saturated heterocycles. The number of hydrogen-bond donors (Lipinski definition) is 1. The molecule has 10 nitrogen and oxygen atoms in total. The van der Waals surface area contributed by atoms with Gasteiger partial charge in [0.1, 0.15) is 12.4 Å². The van der Waals surface area contributed by atoms with Gasteiger partial charge in [-0.05, 0) is 18.2 Å². The fourth-order valence-electron chi connectivity index (χ4n) is 4.00. The van der Waals surface area contributed by atoms with Crippen LogP contribution < -0.4 is 25.2 Å². The first-order chi connectivity index (χ1) is 16.9. The van der Waals surface area contributed by atoms with E-state index in [4.69, 9.17) is 9.47 Å². The molecule has 4 rings (SSSR count). The van der Waals surface area contributed by atoms with Gasteiger partial charge < -0.3 is 24.6 Å². The summed E-state index contributed by atoms with van der Waals surface area (Å²) in [5.74, 6) is -0.215. The first kappa shape index (κ1) is 24.0. The number of methoxy groups -OCH3 is 2. The van der Waals surface area contributed by atoms with Crippen molar-refractivity contribution in [3.05, 3.63) is 58.9 Å². The lowest BCUT2D eigenvalue weighted by molar-refractivity contribution is -0.133. The van der Waals surface area contributed by atoms with Crippen LogP contribution in [0.5, 0.6) is 11.5 Å². The molecule has 0 aliphatic carbocycles. The highest BCUT2D eigenvalue weighted by Crippen LogP contribution is 2.29. The van der Waals surface area contributed by atoms with Crippen LogP contribution in [0.15, 0.2) is 47.5 Å². The number of aromatic nitrogens is 2. The van der Waals surface area contributed by atoms with Crippen LogP contribution in [-0.2, 0) is 16.1 Å². The van der Waals surface area contributed by atoms with Gasteiger partial charge in [0.2, 0.25) is 11.8 Å². The van der Waals surface area contributed by atoms with Gasteiger partial charge in [0.05, 0.1) is 43.7 Å². The van der Waals surface area contributed by atoms with Crippen molar-refractivity contribution >= 4 is 28.4 Å². The Hall–Kier alpha value is -4.15. The maximum Gasteiger partial charge on any atom is 0.261 e. The summed E-state index contributed by atoms with van der Waals surface area (Å²) < 4.78 is 25.6. The monoisotopic (exact) mass is 483 g/mol. The minimum absolute atomic E-state index is 0.195. The lowest BCUT2D eigenvalue weighted by atomic mass is 10.2. The number of amides is 2. The smallest absolute Gasteiger partial charge is 0.261 e. The lowest BCUT2D eigenvalue weighted by Crippen LogP contribution is -2.51. The van der Waals surface area contributed by atoms with Crippen LogP contribution in [-0.4, -0.2) is 73.2 Å². The summed E-state index contributed by atoms with van der Waals surface area (Å²) in [5.41, 5.74) is 0.508. The van der Waals surface area contributed by atoms with Gasteiger partial charge in [-0.3, -0.25) is 19.0 Å². The Kier molecular flexibility index (Phi) is 7.14. The molecule has 1 aliphatic heterocycles. The first-order valence-corrected chi connectivity index (χ1v) is 11.1. The first-order valence-electron chi connectivity index (χ1n) is 11.1. The average molecular weight is 484 g/mol. The topological polar surface area (TPSA) is 106 Å². The van der Waals surface area contributed by atoms with Crippen molar-refractivity contribution in [2.45, 2.75) is 6.54 Å². The maximum atomic E-state index is 14.0. The van der Waals surface area contributed by atoms with Crippen molar-refractivity contribution < 1.29 is 23.5 Å². The molecular weight excluding hydrogens is 457 g/mol. The molecule has 0 saturated carbocycles. The molecule has 0 radical (unpaired) electrons. The van der Waals surface area contributed by atoms with Gasteiger partial charge in [-0.25, -0.2) is 9.37 Å². The van der Waals surface area contributed by atoms with E-state index in [9.17, 15) is 18.8 Å². The number of halogens is 1. The van der Waals surface area contributed by atoms with Crippen LogP contribution in [0, 0.1) is 5.82 Å². The van der Waals surface area contributed by atoms with Crippen LogP contribution in [0.2, 0.25) is 0 Å². The number of carbonyl (C=O) groups is 2. The number of para-hydroxylation sites is 1.